The summed E-state index contributed by atoms with van der Waals surface area (Å²) in [4.78, 5) is 8.49. The highest BCUT2D eigenvalue weighted by Crippen LogP contribution is 2.38. The van der Waals surface area contributed by atoms with E-state index in [0.29, 0.717) is 29.9 Å². The van der Waals surface area contributed by atoms with Crippen LogP contribution in [0.25, 0.3) is 27.6 Å². The third-order valence-corrected chi connectivity index (χ3v) is 8.26. The molecule has 3 aromatic carbocycles. The number of likely N-dealkylation sites (N-methyl/N-ethyl adjacent to an activating group) is 3. The van der Waals surface area contributed by atoms with E-state index in [1.807, 2.05) is 43.3 Å². The monoisotopic (exact) mass is 530 g/mol. The van der Waals surface area contributed by atoms with E-state index >= 15 is 0 Å². The van der Waals surface area contributed by atoms with Crippen LogP contribution >= 0.6 is 0 Å². The maximum atomic E-state index is 10.8. The predicted molar refractivity (Wildman–Crippen MR) is 164 cm³/mol. The number of aromatic nitrogens is 3. The lowest BCUT2D eigenvalue weighted by Gasteiger charge is -2.41. The number of aromatic hydroxyl groups is 1. The summed E-state index contributed by atoms with van der Waals surface area (Å²) in [5.41, 5.74) is 3.41. The molecule has 0 saturated heterocycles. The number of phenols is 1. The smallest absolute Gasteiger partial charge is 0.150 e. The average Bonchev–Trinajstić information content (AvgIpc) is 3.47. The molecule has 1 heterocycles. The van der Waals surface area contributed by atoms with Crippen LogP contribution in [0.1, 0.15) is 33.3 Å². The molecule has 7 heteroatoms. The lowest BCUT2D eigenvalue weighted by Crippen LogP contribution is -2.53. The third-order valence-electron chi connectivity index (χ3n) is 8.26. The fourth-order valence-corrected chi connectivity index (χ4v) is 4.83. The summed E-state index contributed by atoms with van der Waals surface area (Å²) in [6.07, 6.45) is 3.19. The van der Waals surface area contributed by atoms with Gasteiger partial charge in [0.15, 0.2) is 5.75 Å². The molecule has 39 heavy (non-hydrogen) atoms. The lowest BCUT2D eigenvalue weighted by molar-refractivity contribution is 0.0796. The van der Waals surface area contributed by atoms with Crippen molar-refractivity contribution in [1.29, 1.82) is 0 Å². The first kappa shape index (κ1) is 30.3. The van der Waals surface area contributed by atoms with Crippen molar-refractivity contribution in [3.05, 3.63) is 72.6 Å². The molecule has 210 valence electrons. The highest BCUT2D eigenvalue weighted by Gasteiger charge is 2.26. The molecule has 0 bridgehead atoms. The number of aryl methyl sites for hydroxylation is 1. The molecule has 0 amide bonds. The van der Waals surface area contributed by atoms with Gasteiger partial charge in [0.2, 0.25) is 0 Å². The standard InChI is InChI=1S/C19H15N3O.C13H31N3/c1-13-11-17(19(23)18(12-13)22-20-9-10-21-22)16-8-4-6-14-5-2-3-7-15(14)16;1-10(14(5)6)12(3)16(9)13(4)11(2)15(7)8/h2-12,23H,1H3;10-13H,1-9H3. The Hall–Kier alpha value is -3.26. The van der Waals surface area contributed by atoms with Crippen molar-refractivity contribution in [2.24, 2.45) is 0 Å². The maximum absolute atomic E-state index is 10.8. The van der Waals surface area contributed by atoms with Crippen LogP contribution in [0.3, 0.4) is 0 Å². The fraction of sp³-hybridized carbons (Fsp3) is 0.438. The normalized spacial score (nSPS) is 14.8. The highest BCUT2D eigenvalue weighted by molar-refractivity contribution is 5.98. The molecular formula is C32H46N6O. The van der Waals surface area contributed by atoms with Crippen molar-refractivity contribution in [2.45, 2.75) is 58.8 Å². The van der Waals surface area contributed by atoms with Crippen LogP contribution < -0.4 is 0 Å². The Balaban J connectivity index is 0.000000233. The topological polar surface area (TPSA) is 60.7 Å². The molecule has 0 aliphatic heterocycles. The third kappa shape index (κ3) is 7.04. The Bertz CT molecular complexity index is 1310. The minimum Gasteiger partial charge on any atom is -0.505 e. The zero-order valence-electron chi connectivity index (χ0n) is 25.3. The summed E-state index contributed by atoms with van der Waals surface area (Å²) in [5.74, 6) is 0.183. The van der Waals surface area contributed by atoms with E-state index in [1.165, 1.54) is 4.80 Å². The summed E-state index contributed by atoms with van der Waals surface area (Å²) in [6, 6.07) is 20.4. The van der Waals surface area contributed by atoms with Gasteiger partial charge >= 0.3 is 0 Å². The summed E-state index contributed by atoms with van der Waals surface area (Å²) in [6.45, 7) is 11.2. The van der Waals surface area contributed by atoms with Crippen LogP contribution in [0, 0.1) is 6.92 Å². The van der Waals surface area contributed by atoms with Crippen LogP contribution in [-0.2, 0) is 0 Å². The van der Waals surface area contributed by atoms with Gasteiger partial charge in [0, 0.05) is 29.7 Å². The van der Waals surface area contributed by atoms with Gasteiger partial charge in [-0.25, -0.2) is 0 Å². The number of hydrogen-bond acceptors (Lipinski definition) is 6. The maximum Gasteiger partial charge on any atom is 0.150 e. The van der Waals surface area contributed by atoms with Crippen molar-refractivity contribution >= 4 is 10.8 Å². The van der Waals surface area contributed by atoms with Crippen molar-refractivity contribution < 1.29 is 5.11 Å². The van der Waals surface area contributed by atoms with Gasteiger partial charge < -0.3 is 14.9 Å². The van der Waals surface area contributed by atoms with Gasteiger partial charge in [0.25, 0.3) is 0 Å². The lowest BCUT2D eigenvalue weighted by atomic mass is 9.96. The molecule has 1 aromatic heterocycles. The zero-order valence-corrected chi connectivity index (χ0v) is 25.3. The predicted octanol–water partition coefficient (Wildman–Crippen LogP) is 5.70. The van der Waals surface area contributed by atoms with E-state index in [2.05, 4.69) is 106 Å². The Labute approximate surface area is 234 Å². The minimum absolute atomic E-state index is 0.183. The van der Waals surface area contributed by atoms with E-state index in [1.54, 1.807) is 12.4 Å². The molecule has 4 aromatic rings. The molecule has 1 N–H and O–H groups in total. The van der Waals surface area contributed by atoms with E-state index in [0.717, 1.165) is 27.5 Å². The summed E-state index contributed by atoms with van der Waals surface area (Å²) < 4.78 is 0. The largest absolute Gasteiger partial charge is 0.505 e. The quantitative estimate of drug-likeness (QED) is 0.316. The van der Waals surface area contributed by atoms with Gasteiger partial charge in [-0.1, -0.05) is 42.5 Å². The Morgan fingerprint density at radius 3 is 1.79 bits per heavy atom. The first-order chi connectivity index (χ1) is 18.4. The van der Waals surface area contributed by atoms with Gasteiger partial charge in [-0.05, 0) is 104 Å². The molecule has 0 radical (unpaired) electrons. The molecule has 0 saturated carbocycles. The van der Waals surface area contributed by atoms with Crippen LogP contribution in [0.5, 0.6) is 5.75 Å². The zero-order chi connectivity index (χ0) is 28.9. The molecule has 4 unspecified atom stereocenters. The molecule has 4 rings (SSSR count). The molecule has 7 nitrogen and oxygen atoms in total. The van der Waals surface area contributed by atoms with E-state index in [9.17, 15) is 5.11 Å². The number of fused-ring (bicyclic) bond motifs is 1. The number of rotatable bonds is 8. The Morgan fingerprint density at radius 1 is 0.692 bits per heavy atom. The van der Waals surface area contributed by atoms with E-state index in [4.69, 9.17) is 0 Å². The molecular weight excluding hydrogens is 484 g/mol. The van der Waals surface area contributed by atoms with Crippen LogP contribution in [0.4, 0.5) is 0 Å². The second kappa shape index (κ2) is 13.2. The first-order valence-electron chi connectivity index (χ1n) is 13.7. The summed E-state index contributed by atoms with van der Waals surface area (Å²) in [5, 5.41) is 21.3. The van der Waals surface area contributed by atoms with Crippen LogP contribution in [-0.4, -0.2) is 94.2 Å². The number of hydrogen-bond donors (Lipinski definition) is 1. The summed E-state index contributed by atoms with van der Waals surface area (Å²) in [7, 11) is 10.8. The first-order valence-corrected chi connectivity index (χ1v) is 13.7. The SMILES string of the molecule is CC(C(C)N(C)C(C)C(C)N(C)C)N(C)C.Cc1cc(-c2cccc3ccccc23)c(O)c(-n2nccn2)c1. The van der Waals surface area contributed by atoms with Crippen molar-refractivity contribution in [3.63, 3.8) is 0 Å². The molecule has 0 aliphatic rings. The highest BCUT2D eigenvalue weighted by atomic mass is 16.3. The second-order valence-corrected chi connectivity index (χ2v) is 11.1. The minimum atomic E-state index is 0.183. The van der Waals surface area contributed by atoms with E-state index < -0.39 is 0 Å². The molecule has 4 atom stereocenters. The molecule has 0 aliphatic carbocycles. The van der Waals surface area contributed by atoms with Crippen molar-refractivity contribution in [1.82, 2.24) is 29.7 Å². The number of benzene rings is 3. The van der Waals surface area contributed by atoms with Gasteiger partial charge in [-0.3, -0.25) is 4.90 Å². The molecule has 0 spiro atoms. The van der Waals surface area contributed by atoms with Crippen molar-refractivity contribution in [3.8, 4) is 22.6 Å². The number of phenolic OH excluding ortho intramolecular Hbond substituents is 1. The molecule has 0 fully saturated rings. The Morgan fingerprint density at radius 2 is 1.23 bits per heavy atom. The van der Waals surface area contributed by atoms with Crippen LogP contribution in [0.2, 0.25) is 0 Å². The summed E-state index contributed by atoms with van der Waals surface area (Å²) >= 11 is 0. The van der Waals surface area contributed by atoms with Gasteiger partial charge in [0.05, 0.1) is 12.4 Å². The Kier molecular flexibility index (Phi) is 10.2. The fourth-order valence-electron chi connectivity index (χ4n) is 4.83. The number of nitrogens with zero attached hydrogens (tertiary/aromatic N) is 6. The van der Waals surface area contributed by atoms with Gasteiger partial charge in [-0.2, -0.15) is 10.2 Å². The van der Waals surface area contributed by atoms with Crippen LogP contribution in [0.15, 0.2) is 67.0 Å². The van der Waals surface area contributed by atoms with Crippen molar-refractivity contribution in [2.75, 3.05) is 35.2 Å². The van der Waals surface area contributed by atoms with Gasteiger partial charge in [0.1, 0.15) is 5.69 Å². The second-order valence-electron chi connectivity index (χ2n) is 11.1. The average molecular weight is 531 g/mol. The van der Waals surface area contributed by atoms with Gasteiger partial charge in [-0.15, -0.1) is 4.80 Å². The van der Waals surface area contributed by atoms with E-state index in [-0.39, 0.29) is 5.75 Å².